The van der Waals surface area contributed by atoms with Crippen molar-refractivity contribution < 1.29 is 23.1 Å². The molecule has 0 aromatic heterocycles. The van der Waals surface area contributed by atoms with E-state index < -0.39 is 34.7 Å². The Hall–Kier alpha value is -0.990. The number of rotatable bonds is 6. The Morgan fingerprint density at radius 1 is 1.21 bits per heavy atom. The summed E-state index contributed by atoms with van der Waals surface area (Å²) in [6, 6.07) is 0.435. The van der Waals surface area contributed by atoms with E-state index in [0.717, 1.165) is 17.3 Å². The van der Waals surface area contributed by atoms with E-state index in [4.69, 9.17) is 5.11 Å². The summed E-state index contributed by atoms with van der Waals surface area (Å²) in [5, 5.41) is 11.4. The first-order valence-corrected chi connectivity index (χ1v) is 7.22. The van der Waals surface area contributed by atoms with Crippen molar-refractivity contribution in [2.75, 3.05) is 11.0 Å². The van der Waals surface area contributed by atoms with E-state index in [1.165, 1.54) is 0 Å². The van der Waals surface area contributed by atoms with Gasteiger partial charge in [0, 0.05) is 6.54 Å². The molecule has 2 N–H and O–H groups in total. The maximum Gasteiger partial charge on any atom is 0.254 e. The highest BCUT2D eigenvalue weighted by Crippen LogP contribution is 2.25. The fraction of sp³-hybridized carbons (Fsp3) is 0.417. The summed E-state index contributed by atoms with van der Waals surface area (Å²) in [7, 11) is 0. The van der Waals surface area contributed by atoms with E-state index in [2.05, 4.69) is 27.9 Å². The molecule has 0 bridgehead atoms. The number of hydrogen-bond donors (Lipinski definition) is 2. The van der Waals surface area contributed by atoms with E-state index in [1.807, 2.05) is 0 Å². The number of alkyl halides is 1. The molecule has 0 saturated carbocycles. The van der Waals surface area contributed by atoms with Crippen LogP contribution in [0.2, 0.25) is 0 Å². The smallest absolute Gasteiger partial charge is 0.254 e. The summed E-state index contributed by atoms with van der Waals surface area (Å²) in [6.07, 6.45) is 2.64. The number of nitrogens with one attached hydrogen (secondary N) is 1. The van der Waals surface area contributed by atoms with Crippen LogP contribution in [0.25, 0.3) is 0 Å². The van der Waals surface area contributed by atoms with E-state index in [0.29, 0.717) is 19.0 Å². The zero-order valence-corrected chi connectivity index (χ0v) is 12.1. The van der Waals surface area contributed by atoms with Gasteiger partial charge in [-0.15, -0.1) is 0 Å². The highest BCUT2D eigenvalue weighted by molar-refractivity contribution is 14.1. The molecular weight excluding hydrogens is 374 g/mol. The molecular formula is C12H13F3INO2. The van der Waals surface area contributed by atoms with Crippen molar-refractivity contribution >= 4 is 28.5 Å². The molecule has 19 heavy (non-hydrogen) atoms. The molecule has 7 heteroatoms. The molecule has 1 aromatic carbocycles. The van der Waals surface area contributed by atoms with Crippen molar-refractivity contribution in [2.45, 2.75) is 19.3 Å². The van der Waals surface area contributed by atoms with Gasteiger partial charge in [0.2, 0.25) is 5.82 Å². The number of hydrogen-bond acceptors (Lipinski definition) is 2. The fourth-order valence-corrected chi connectivity index (χ4v) is 1.99. The summed E-state index contributed by atoms with van der Waals surface area (Å²) in [5.41, 5.74) is -0.703. The standard InChI is InChI=1S/C12H13F3INO2/c13-8-6-7(9(14)11(18)10(8)15)12(19)17-5-3-1-2-4-16/h6,18H,1-5H2,(H,17,19). The predicted molar refractivity (Wildman–Crippen MR) is 73.1 cm³/mol. The van der Waals surface area contributed by atoms with Crippen LogP contribution in [-0.4, -0.2) is 22.0 Å². The lowest BCUT2D eigenvalue weighted by Gasteiger charge is -2.08. The van der Waals surface area contributed by atoms with Crippen LogP contribution >= 0.6 is 22.6 Å². The van der Waals surface area contributed by atoms with E-state index in [-0.39, 0.29) is 0 Å². The van der Waals surface area contributed by atoms with Crippen LogP contribution in [0.1, 0.15) is 29.6 Å². The molecule has 0 spiro atoms. The molecule has 0 atom stereocenters. The average Bonchev–Trinajstić information content (AvgIpc) is 2.40. The number of halogens is 4. The topological polar surface area (TPSA) is 49.3 Å². The van der Waals surface area contributed by atoms with Gasteiger partial charge < -0.3 is 10.4 Å². The predicted octanol–water partition coefficient (Wildman–Crippen LogP) is 3.14. The molecule has 3 nitrogen and oxygen atoms in total. The summed E-state index contributed by atoms with van der Waals surface area (Å²) in [6.45, 7) is 0.314. The molecule has 0 radical (unpaired) electrons. The molecule has 1 amide bonds. The van der Waals surface area contributed by atoms with Crippen LogP contribution in [0.4, 0.5) is 13.2 Å². The van der Waals surface area contributed by atoms with Gasteiger partial charge in [0.25, 0.3) is 5.91 Å². The quantitative estimate of drug-likeness (QED) is 0.341. The van der Waals surface area contributed by atoms with Crippen LogP contribution in [-0.2, 0) is 0 Å². The lowest BCUT2D eigenvalue weighted by Crippen LogP contribution is -2.25. The molecule has 0 fully saturated rings. The highest BCUT2D eigenvalue weighted by Gasteiger charge is 2.22. The number of carbonyl (C=O) groups excluding carboxylic acids is 1. The van der Waals surface area contributed by atoms with E-state index >= 15 is 0 Å². The van der Waals surface area contributed by atoms with Gasteiger partial charge in [0.1, 0.15) is 0 Å². The van der Waals surface area contributed by atoms with E-state index in [9.17, 15) is 18.0 Å². The number of unbranched alkanes of at least 4 members (excludes halogenated alkanes) is 2. The lowest BCUT2D eigenvalue weighted by molar-refractivity contribution is 0.0947. The molecule has 0 saturated heterocycles. The molecule has 0 aliphatic heterocycles. The number of phenolic OH excluding ortho intramolecular Hbond substituents is 1. The largest absolute Gasteiger partial charge is 0.503 e. The van der Waals surface area contributed by atoms with Crippen LogP contribution in [0.3, 0.4) is 0 Å². The Kier molecular flexibility index (Phi) is 6.40. The maximum absolute atomic E-state index is 13.4. The number of phenols is 1. The molecule has 0 aliphatic carbocycles. The lowest BCUT2D eigenvalue weighted by atomic mass is 10.1. The molecule has 0 unspecified atom stereocenters. The SMILES string of the molecule is O=C(NCCCCCI)c1cc(F)c(F)c(O)c1F. The van der Waals surface area contributed by atoms with Crippen LogP contribution in [0.15, 0.2) is 6.07 Å². The monoisotopic (exact) mass is 387 g/mol. The summed E-state index contributed by atoms with van der Waals surface area (Å²) < 4.78 is 40.2. The highest BCUT2D eigenvalue weighted by atomic mass is 127. The van der Waals surface area contributed by atoms with Crippen LogP contribution in [0, 0.1) is 17.5 Å². The summed E-state index contributed by atoms with van der Waals surface area (Å²) in [5.74, 6) is -6.97. The second-order valence-electron chi connectivity index (χ2n) is 3.89. The van der Waals surface area contributed by atoms with Gasteiger partial charge in [0.15, 0.2) is 17.4 Å². The third-order valence-electron chi connectivity index (χ3n) is 2.47. The first kappa shape index (κ1) is 16.1. The normalized spacial score (nSPS) is 10.5. The molecule has 1 rings (SSSR count). The molecule has 1 aromatic rings. The van der Waals surface area contributed by atoms with Crippen molar-refractivity contribution in [2.24, 2.45) is 0 Å². The van der Waals surface area contributed by atoms with Crippen molar-refractivity contribution in [3.8, 4) is 5.75 Å². The van der Waals surface area contributed by atoms with Gasteiger partial charge in [-0.3, -0.25) is 4.79 Å². The molecule has 0 heterocycles. The zero-order chi connectivity index (χ0) is 14.4. The Morgan fingerprint density at radius 3 is 2.53 bits per heavy atom. The summed E-state index contributed by atoms with van der Waals surface area (Å²) in [4.78, 5) is 11.6. The first-order chi connectivity index (χ1) is 8.99. The third-order valence-corrected chi connectivity index (χ3v) is 3.24. The van der Waals surface area contributed by atoms with Crippen molar-refractivity contribution in [1.82, 2.24) is 5.32 Å². The Labute approximate surface area is 122 Å². The fourth-order valence-electron chi connectivity index (χ4n) is 1.45. The van der Waals surface area contributed by atoms with Gasteiger partial charge in [-0.2, -0.15) is 4.39 Å². The van der Waals surface area contributed by atoms with Crippen molar-refractivity contribution in [1.29, 1.82) is 0 Å². The number of carbonyl (C=O) groups is 1. The Bertz CT molecular complexity index is 469. The second-order valence-corrected chi connectivity index (χ2v) is 4.97. The number of benzene rings is 1. The average molecular weight is 387 g/mol. The van der Waals surface area contributed by atoms with Crippen molar-refractivity contribution in [3.63, 3.8) is 0 Å². The molecule has 0 aliphatic rings. The minimum absolute atomic E-state index is 0.314. The van der Waals surface area contributed by atoms with Crippen LogP contribution in [0.5, 0.6) is 5.75 Å². The molecule has 106 valence electrons. The first-order valence-electron chi connectivity index (χ1n) is 5.69. The third kappa shape index (κ3) is 4.26. The Morgan fingerprint density at radius 2 is 1.89 bits per heavy atom. The minimum atomic E-state index is -1.70. The number of amides is 1. The van der Waals surface area contributed by atoms with Crippen molar-refractivity contribution in [3.05, 3.63) is 29.1 Å². The van der Waals surface area contributed by atoms with Gasteiger partial charge in [-0.25, -0.2) is 8.78 Å². The van der Waals surface area contributed by atoms with Crippen LogP contribution < -0.4 is 5.32 Å². The van der Waals surface area contributed by atoms with E-state index in [1.54, 1.807) is 0 Å². The Balaban J connectivity index is 2.67. The van der Waals surface area contributed by atoms with Gasteiger partial charge in [-0.05, 0) is 23.3 Å². The second kappa shape index (κ2) is 7.56. The zero-order valence-electron chi connectivity index (χ0n) is 9.98. The number of aromatic hydroxyl groups is 1. The van der Waals surface area contributed by atoms with Gasteiger partial charge >= 0.3 is 0 Å². The minimum Gasteiger partial charge on any atom is -0.503 e. The summed E-state index contributed by atoms with van der Waals surface area (Å²) >= 11 is 2.23. The maximum atomic E-state index is 13.4. The van der Waals surface area contributed by atoms with Gasteiger partial charge in [0.05, 0.1) is 5.56 Å². The van der Waals surface area contributed by atoms with Gasteiger partial charge in [-0.1, -0.05) is 29.0 Å².